The van der Waals surface area contributed by atoms with Crippen molar-refractivity contribution >= 4 is 17.7 Å². The highest BCUT2D eigenvalue weighted by atomic mass is 16.5. The zero-order valence-corrected chi connectivity index (χ0v) is 11.3. The lowest BCUT2D eigenvalue weighted by Gasteiger charge is -2.27. The topological polar surface area (TPSA) is 67.9 Å². The van der Waals surface area contributed by atoms with Crippen molar-refractivity contribution in [2.24, 2.45) is 0 Å². The predicted octanol–water partition coefficient (Wildman–Crippen LogP) is 1.54. The lowest BCUT2D eigenvalue weighted by Crippen LogP contribution is -2.47. The van der Waals surface area contributed by atoms with Gasteiger partial charge >= 0.3 is 12.1 Å². The highest BCUT2D eigenvalue weighted by Gasteiger charge is 2.52. The van der Waals surface area contributed by atoms with Crippen LogP contribution < -0.4 is 5.32 Å². The molecule has 0 spiro atoms. The molecule has 1 aromatic carbocycles. The molecule has 0 aliphatic carbocycles. The van der Waals surface area contributed by atoms with Gasteiger partial charge in [0.25, 0.3) is 0 Å². The molecule has 3 atom stereocenters. The molecule has 106 valence electrons. The molecule has 0 unspecified atom stereocenters. The van der Waals surface area contributed by atoms with Gasteiger partial charge in [-0.15, -0.1) is 0 Å². The van der Waals surface area contributed by atoms with Crippen LogP contribution in [0.2, 0.25) is 0 Å². The van der Waals surface area contributed by atoms with Crippen molar-refractivity contribution in [2.75, 3.05) is 19.5 Å². The number of nitrogens with zero attached hydrogens (tertiary/aromatic N) is 1. The molecular weight excluding hydrogens is 260 g/mol. The zero-order valence-electron chi connectivity index (χ0n) is 11.3. The first kappa shape index (κ1) is 12.8. The minimum atomic E-state index is -0.608. The van der Waals surface area contributed by atoms with Crippen LogP contribution in [-0.2, 0) is 14.3 Å². The van der Waals surface area contributed by atoms with E-state index in [2.05, 4.69) is 5.32 Å². The molecule has 1 N–H and O–H groups in total. The van der Waals surface area contributed by atoms with E-state index in [0.29, 0.717) is 6.42 Å². The molecule has 2 aliphatic rings. The van der Waals surface area contributed by atoms with Crippen molar-refractivity contribution in [3.63, 3.8) is 0 Å². The zero-order chi connectivity index (χ0) is 14.3. The summed E-state index contributed by atoms with van der Waals surface area (Å²) in [6, 6.07) is 7.27. The van der Waals surface area contributed by atoms with Gasteiger partial charge in [0.2, 0.25) is 0 Å². The third-order valence-electron chi connectivity index (χ3n) is 4.02. The summed E-state index contributed by atoms with van der Waals surface area (Å²) in [6.07, 6.45) is -0.242. The number of anilines is 1. The third-order valence-corrected chi connectivity index (χ3v) is 4.02. The number of fused-ring (bicyclic) bond motifs is 3. The molecule has 6 nitrogen and oxygen atoms in total. The smallest absolute Gasteiger partial charge is 0.411 e. The number of amides is 1. The Bertz CT molecular complexity index is 560. The van der Waals surface area contributed by atoms with Crippen LogP contribution in [-0.4, -0.2) is 43.4 Å². The molecule has 0 saturated carbocycles. The summed E-state index contributed by atoms with van der Waals surface area (Å²) in [4.78, 5) is 25.3. The average molecular weight is 276 g/mol. The van der Waals surface area contributed by atoms with Crippen LogP contribution in [0.4, 0.5) is 10.5 Å². The van der Waals surface area contributed by atoms with Gasteiger partial charge < -0.3 is 14.8 Å². The summed E-state index contributed by atoms with van der Waals surface area (Å²) < 4.78 is 9.60. The molecule has 1 aromatic rings. The number of carbonyl (C=O) groups excluding carboxylic acids is 2. The Kier molecular flexibility index (Phi) is 3.00. The van der Waals surface area contributed by atoms with E-state index in [9.17, 15) is 9.59 Å². The SMILES string of the molecule is COC(=O)[C@@H]1C[C@H]2c3ccccc3N[C@H]2N1C(=O)OC. The Hall–Kier alpha value is -2.24. The molecule has 6 heteroatoms. The van der Waals surface area contributed by atoms with Crippen molar-refractivity contribution in [1.82, 2.24) is 4.90 Å². The third kappa shape index (κ3) is 1.71. The van der Waals surface area contributed by atoms with Gasteiger partial charge in [0.15, 0.2) is 0 Å². The fraction of sp³-hybridized carbons (Fsp3) is 0.429. The average Bonchev–Trinajstić information content (AvgIpc) is 3.01. The lowest BCUT2D eigenvalue weighted by molar-refractivity contribution is -0.145. The van der Waals surface area contributed by atoms with Crippen LogP contribution in [0.5, 0.6) is 0 Å². The van der Waals surface area contributed by atoms with E-state index >= 15 is 0 Å². The normalized spacial score (nSPS) is 26.5. The molecule has 2 aliphatic heterocycles. The molecule has 0 radical (unpaired) electrons. The van der Waals surface area contributed by atoms with Gasteiger partial charge in [-0.3, -0.25) is 4.90 Å². The Balaban J connectivity index is 1.96. The van der Waals surface area contributed by atoms with Crippen LogP contribution in [0, 0.1) is 0 Å². The standard InChI is InChI=1S/C14H16N2O4/c1-19-13(17)11-7-9-8-5-3-4-6-10(8)15-12(9)16(11)14(18)20-2/h3-6,9,11-12,15H,7H2,1-2H3/t9-,11-,12-/m0/s1. The van der Waals surface area contributed by atoms with Crippen molar-refractivity contribution in [1.29, 1.82) is 0 Å². The first-order valence-corrected chi connectivity index (χ1v) is 6.47. The summed E-state index contributed by atoms with van der Waals surface area (Å²) in [6.45, 7) is 0. The molecule has 1 fully saturated rings. The van der Waals surface area contributed by atoms with E-state index in [1.54, 1.807) is 0 Å². The maximum absolute atomic E-state index is 12.0. The van der Waals surface area contributed by atoms with Gasteiger partial charge in [-0.05, 0) is 18.1 Å². The summed E-state index contributed by atoms with van der Waals surface area (Å²) in [5.41, 5.74) is 2.12. The number of hydrogen-bond donors (Lipinski definition) is 1. The highest BCUT2D eigenvalue weighted by molar-refractivity contribution is 5.84. The number of benzene rings is 1. The minimum Gasteiger partial charge on any atom is -0.467 e. The van der Waals surface area contributed by atoms with E-state index < -0.39 is 18.1 Å². The van der Waals surface area contributed by atoms with Gasteiger partial charge in [-0.2, -0.15) is 0 Å². The minimum absolute atomic E-state index is 0.0781. The first-order chi connectivity index (χ1) is 9.67. The van der Waals surface area contributed by atoms with Gasteiger partial charge in [0.05, 0.1) is 14.2 Å². The maximum Gasteiger partial charge on any atom is 0.411 e. The summed E-state index contributed by atoms with van der Waals surface area (Å²) in [5, 5.41) is 3.29. The van der Waals surface area contributed by atoms with E-state index in [1.165, 1.54) is 19.1 Å². The van der Waals surface area contributed by atoms with Gasteiger partial charge in [-0.1, -0.05) is 18.2 Å². The Morgan fingerprint density at radius 2 is 2.00 bits per heavy atom. The summed E-state index contributed by atoms with van der Waals surface area (Å²) in [7, 11) is 2.64. The predicted molar refractivity (Wildman–Crippen MR) is 71.3 cm³/mol. The van der Waals surface area contributed by atoms with Gasteiger partial charge in [0.1, 0.15) is 12.2 Å². The largest absolute Gasteiger partial charge is 0.467 e. The second-order valence-electron chi connectivity index (χ2n) is 4.93. The highest BCUT2D eigenvalue weighted by Crippen LogP contribution is 2.46. The van der Waals surface area contributed by atoms with Crippen LogP contribution in [0.15, 0.2) is 24.3 Å². The number of methoxy groups -OCH3 is 2. The molecular formula is C14H16N2O4. The van der Waals surface area contributed by atoms with Crippen molar-refractivity contribution in [3.8, 4) is 0 Å². The fourth-order valence-corrected chi connectivity index (χ4v) is 3.14. The number of hydrogen-bond acceptors (Lipinski definition) is 5. The second kappa shape index (κ2) is 4.70. The number of esters is 1. The fourth-order valence-electron chi connectivity index (χ4n) is 3.14. The Labute approximate surface area is 116 Å². The lowest BCUT2D eigenvalue weighted by atomic mass is 9.96. The van der Waals surface area contributed by atoms with Crippen LogP contribution >= 0.6 is 0 Å². The monoisotopic (exact) mass is 276 g/mol. The first-order valence-electron chi connectivity index (χ1n) is 6.47. The van der Waals surface area contributed by atoms with Crippen LogP contribution in [0.25, 0.3) is 0 Å². The van der Waals surface area contributed by atoms with Crippen molar-refractivity contribution in [3.05, 3.63) is 29.8 Å². The number of carbonyl (C=O) groups is 2. The van der Waals surface area contributed by atoms with Crippen LogP contribution in [0.3, 0.4) is 0 Å². The Morgan fingerprint density at radius 3 is 2.70 bits per heavy atom. The number of ether oxygens (including phenoxy) is 2. The summed E-state index contributed by atoms with van der Waals surface area (Å²) >= 11 is 0. The quantitative estimate of drug-likeness (QED) is 0.788. The van der Waals surface area contributed by atoms with Crippen molar-refractivity contribution in [2.45, 2.75) is 24.5 Å². The van der Waals surface area contributed by atoms with Crippen molar-refractivity contribution < 1.29 is 19.1 Å². The van der Waals surface area contributed by atoms with Gasteiger partial charge in [0, 0.05) is 11.6 Å². The number of rotatable bonds is 1. The van der Waals surface area contributed by atoms with E-state index in [-0.39, 0.29) is 12.1 Å². The second-order valence-corrected chi connectivity index (χ2v) is 4.93. The van der Waals surface area contributed by atoms with E-state index in [0.717, 1.165) is 11.3 Å². The van der Waals surface area contributed by atoms with E-state index in [4.69, 9.17) is 9.47 Å². The maximum atomic E-state index is 12.0. The molecule has 0 aromatic heterocycles. The molecule has 20 heavy (non-hydrogen) atoms. The molecule has 3 rings (SSSR count). The summed E-state index contributed by atoms with van der Waals surface area (Å²) in [5.74, 6) is -0.335. The number of para-hydroxylation sites is 1. The number of nitrogens with one attached hydrogen (secondary N) is 1. The Morgan fingerprint density at radius 1 is 1.25 bits per heavy atom. The van der Waals surface area contributed by atoms with E-state index in [1.807, 2.05) is 24.3 Å². The molecule has 2 heterocycles. The van der Waals surface area contributed by atoms with Crippen LogP contribution in [0.1, 0.15) is 17.9 Å². The molecule has 1 amide bonds. The van der Waals surface area contributed by atoms with Gasteiger partial charge in [-0.25, -0.2) is 9.59 Å². The molecule has 0 bridgehead atoms. The molecule has 1 saturated heterocycles. The number of likely N-dealkylation sites (tertiary alicyclic amines) is 1.